The van der Waals surface area contributed by atoms with Gasteiger partial charge in [0.25, 0.3) is 0 Å². The Labute approximate surface area is 184 Å². The van der Waals surface area contributed by atoms with Gasteiger partial charge in [-0.1, -0.05) is 13.8 Å². The Morgan fingerprint density at radius 2 is 2.00 bits per heavy atom. The molecule has 3 heterocycles. The summed E-state index contributed by atoms with van der Waals surface area (Å²) in [6.07, 6.45) is 2.94. The van der Waals surface area contributed by atoms with Crippen LogP contribution in [0.25, 0.3) is 22.4 Å². The van der Waals surface area contributed by atoms with Crippen molar-refractivity contribution in [2.75, 3.05) is 11.9 Å². The van der Waals surface area contributed by atoms with Gasteiger partial charge < -0.3 is 15.4 Å². The molecule has 0 aliphatic carbocycles. The average Bonchev–Trinajstić information content (AvgIpc) is 3.17. The van der Waals surface area contributed by atoms with Crippen LogP contribution in [0.3, 0.4) is 0 Å². The number of nitrogens with zero attached hydrogens (tertiary/aromatic N) is 3. The number of carbonyl (C=O) groups is 2. The summed E-state index contributed by atoms with van der Waals surface area (Å²) in [5.74, 6) is 0.190. The lowest BCUT2D eigenvalue weighted by Crippen LogP contribution is -2.43. The number of amides is 2. The van der Waals surface area contributed by atoms with Crippen molar-refractivity contribution >= 4 is 18.1 Å². The highest BCUT2D eigenvalue weighted by Crippen LogP contribution is 2.41. The van der Waals surface area contributed by atoms with Gasteiger partial charge in [0.1, 0.15) is 23.4 Å². The summed E-state index contributed by atoms with van der Waals surface area (Å²) in [6, 6.07) is 9.00. The van der Waals surface area contributed by atoms with Crippen LogP contribution in [0, 0.1) is 11.7 Å². The van der Waals surface area contributed by atoms with Crippen molar-refractivity contribution < 1.29 is 18.7 Å². The Bertz CT molecular complexity index is 1130. The van der Waals surface area contributed by atoms with Gasteiger partial charge in [0.05, 0.1) is 12.2 Å². The quantitative estimate of drug-likeness (QED) is 0.553. The summed E-state index contributed by atoms with van der Waals surface area (Å²) in [7, 11) is 0. The van der Waals surface area contributed by atoms with Crippen molar-refractivity contribution in [3.63, 3.8) is 0 Å². The molecule has 4 rings (SSSR count). The number of benzene rings is 1. The van der Waals surface area contributed by atoms with Crippen LogP contribution in [0.1, 0.15) is 20.3 Å². The van der Waals surface area contributed by atoms with Gasteiger partial charge in [-0.05, 0) is 47.9 Å². The first-order valence-electron chi connectivity index (χ1n) is 10.4. The highest BCUT2D eigenvalue weighted by molar-refractivity contribution is 5.96. The minimum Gasteiger partial charge on any atom is -0.477 e. The molecule has 2 aromatic heterocycles. The second-order valence-electron chi connectivity index (χ2n) is 7.89. The molecule has 1 atom stereocenters. The minimum atomic E-state index is -0.681. The zero-order valence-corrected chi connectivity index (χ0v) is 17.8. The molecule has 0 fully saturated rings. The predicted molar refractivity (Wildman–Crippen MR) is 117 cm³/mol. The minimum absolute atomic E-state index is 0.0930. The molecule has 0 saturated heterocycles. The first kappa shape index (κ1) is 21.5. The van der Waals surface area contributed by atoms with E-state index in [-0.39, 0.29) is 17.6 Å². The van der Waals surface area contributed by atoms with E-state index < -0.39 is 6.04 Å². The zero-order chi connectivity index (χ0) is 22.7. The van der Waals surface area contributed by atoms with Gasteiger partial charge >= 0.3 is 0 Å². The van der Waals surface area contributed by atoms with Crippen LogP contribution >= 0.6 is 0 Å². The molecule has 8 nitrogen and oxygen atoms in total. The number of nitrogens with one attached hydrogen (secondary N) is 2. The Morgan fingerprint density at radius 3 is 2.72 bits per heavy atom. The third-order valence-electron chi connectivity index (χ3n) is 5.27. The van der Waals surface area contributed by atoms with Crippen LogP contribution in [0.15, 0.2) is 42.6 Å². The number of aryl methyl sites for hydroxylation is 1. The van der Waals surface area contributed by atoms with Crippen LogP contribution < -0.4 is 15.4 Å². The summed E-state index contributed by atoms with van der Waals surface area (Å²) in [4.78, 5) is 27.8. The predicted octanol–water partition coefficient (Wildman–Crippen LogP) is 3.24. The molecule has 0 saturated carbocycles. The third kappa shape index (κ3) is 4.32. The molecule has 2 amide bonds. The van der Waals surface area contributed by atoms with Gasteiger partial charge in [0.15, 0.2) is 0 Å². The number of hydrogen-bond donors (Lipinski definition) is 2. The Morgan fingerprint density at radius 1 is 1.22 bits per heavy atom. The van der Waals surface area contributed by atoms with Crippen molar-refractivity contribution in [3.8, 4) is 28.3 Å². The van der Waals surface area contributed by atoms with E-state index in [0.29, 0.717) is 37.0 Å². The molecule has 0 radical (unpaired) electrons. The molecule has 1 aliphatic rings. The smallest absolute Gasteiger partial charge is 0.248 e. The number of pyridine rings is 1. The van der Waals surface area contributed by atoms with Gasteiger partial charge in [-0.25, -0.2) is 14.1 Å². The standard InChI is InChI=1S/C23H24FN5O3/c1-14(2)20(26-13-30)22(31)27-18-12-16(8-9-25-18)19-21(15-4-6-17(24)7-5-15)28-29-10-3-11-32-23(19)29/h4-9,12-14,20H,3,10-11H2,1-2H3,(H,26,30)(H,25,27,31)/t20-/m0/s1. The van der Waals surface area contributed by atoms with Gasteiger partial charge in [-0.2, -0.15) is 5.10 Å². The first-order valence-corrected chi connectivity index (χ1v) is 10.4. The number of anilines is 1. The van der Waals surface area contributed by atoms with E-state index in [1.165, 1.54) is 12.1 Å². The molecule has 0 unspecified atom stereocenters. The third-order valence-corrected chi connectivity index (χ3v) is 5.27. The number of hydrogen-bond acceptors (Lipinski definition) is 5. The van der Waals surface area contributed by atoms with Crippen LogP contribution in [-0.2, 0) is 16.1 Å². The Hall–Kier alpha value is -3.75. The average molecular weight is 437 g/mol. The van der Waals surface area contributed by atoms with Crippen LogP contribution in [-0.4, -0.2) is 39.7 Å². The fraction of sp³-hybridized carbons (Fsp3) is 0.304. The van der Waals surface area contributed by atoms with Crippen molar-refractivity contribution in [2.24, 2.45) is 5.92 Å². The molecule has 166 valence electrons. The summed E-state index contributed by atoms with van der Waals surface area (Å²) >= 11 is 0. The van der Waals surface area contributed by atoms with Crippen molar-refractivity contribution in [2.45, 2.75) is 32.9 Å². The SMILES string of the molecule is CC(C)[C@H](NC=O)C(=O)Nc1cc(-c2c(-c3ccc(F)cc3)nn3c2OCCC3)ccn1. The van der Waals surface area contributed by atoms with Crippen molar-refractivity contribution in [1.29, 1.82) is 0 Å². The van der Waals surface area contributed by atoms with Gasteiger partial charge in [0, 0.05) is 24.7 Å². The maximum atomic E-state index is 13.5. The largest absolute Gasteiger partial charge is 0.477 e. The van der Waals surface area contributed by atoms with E-state index in [1.807, 2.05) is 19.9 Å². The molecular formula is C23H24FN5O3. The normalized spacial score (nSPS) is 13.8. The molecule has 1 aromatic carbocycles. The second-order valence-corrected chi connectivity index (χ2v) is 7.89. The van der Waals surface area contributed by atoms with E-state index in [9.17, 15) is 14.0 Å². The summed E-state index contributed by atoms with van der Waals surface area (Å²) in [5.41, 5.74) is 2.92. The lowest BCUT2D eigenvalue weighted by Gasteiger charge is -2.19. The Kier molecular flexibility index (Phi) is 6.16. The molecule has 9 heteroatoms. The number of ether oxygens (including phenoxy) is 1. The van der Waals surface area contributed by atoms with Gasteiger partial charge in [-0.15, -0.1) is 0 Å². The monoisotopic (exact) mass is 437 g/mol. The zero-order valence-electron chi connectivity index (χ0n) is 17.8. The Balaban J connectivity index is 1.72. The van der Waals surface area contributed by atoms with Crippen LogP contribution in [0.2, 0.25) is 0 Å². The molecule has 0 bridgehead atoms. The van der Waals surface area contributed by atoms with E-state index in [2.05, 4.69) is 15.6 Å². The van der Waals surface area contributed by atoms with E-state index >= 15 is 0 Å². The maximum absolute atomic E-state index is 13.5. The van der Waals surface area contributed by atoms with Crippen molar-refractivity contribution in [1.82, 2.24) is 20.1 Å². The highest BCUT2D eigenvalue weighted by Gasteiger charge is 2.26. The molecule has 1 aliphatic heterocycles. The van der Waals surface area contributed by atoms with Crippen LogP contribution in [0.5, 0.6) is 5.88 Å². The molecule has 2 N–H and O–H groups in total. The lowest BCUT2D eigenvalue weighted by molar-refractivity contribution is -0.122. The number of aromatic nitrogens is 3. The fourth-order valence-electron chi connectivity index (χ4n) is 3.70. The lowest BCUT2D eigenvalue weighted by atomic mass is 10.0. The van der Waals surface area contributed by atoms with E-state index in [0.717, 1.165) is 23.1 Å². The molecule has 3 aromatic rings. The van der Waals surface area contributed by atoms with E-state index in [1.54, 1.807) is 29.1 Å². The first-order chi connectivity index (χ1) is 15.5. The topological polar surface area (TPSA) is 98.1 Å². The summed E-state index contributed by atoms with van der Waals surface area (Å²) in [6.45, 7) is 4.97. The highest BCUT2D eigenvalue weighted by atomic mass is 19.1. The summed E-state index contributed by atoms with van der Waals surface area (Å²) < 4.78 is 21.2. The number of rotatable bonds is 7. The number of fused-ring (bicyclic) bond motifs is 1. The second kappa shape index (κ2) is 9.17. The molecular weight excluding hydrogens is 413 g/mol. The van der Waals surface area contributed by atoms with Crippen LogP contribution in [0.4, 0.5) is 10.2 Å². The summed E-state index contributed by atoms with van der Waals surface area (Å²) in [5, 5.41) is 10.0. The number of carbonyl (C=O) groups excluding carboxylic acids is 2. The van der Waals surface area contributed by atoms with Gasteiger partial charge in [0.2, 0.25) is 18.2 Å². The molecule has 0 spiro atoms. The van der Waals surface area contributed by atoms with E-state index in [4.69, 9.17) is 9.84 Å². The van der Waals surface area contributed by atoms with Gasteiger partial charge in [-0.3, -0.25) is 9.59 Å². The molecule has 32 heavy (non-hydrogen) atoms. The number of halogens is 1. The fourth-order valence-corrected chi connectivity index (χ4v) is 3.70. The van der Waals surface area contributed by atoms with Crippen molar-refractivity contribution in [3.05, 3.63) is 48.4 Å². The maximum Gasteiger partial charge on any atom is 0.248 e.